The summed E-state index contributed by atoms with van der Waals surface area (Å²) in [6.07, 6.45) is 1.15. The fourth-order valence-electron chi connectivity index (χ4n) is 3.28. The fourth-order valence-corrected chi connectivity index (χ4v) is 3.28. The van der Waals surface area contributed by atoms with E-state index in [4.69, 9.17) is 0 Å². The highest BCUT2D eigenvalue weighted by atomic mass is 15.2. The molecule has 0 amide bonds. The molecule has 0 spiro atoms. The number of aryl methyl sites for hydroxylation is 1. The van der Waals surface area contributed by atoms with Crippen molar-refractivity contribution in [3.05, 3.63) is 65.2 Å². The first kappa shape index (κ1) is 14.2. The monoisotopic (exact) mass is 280 g/mol. The van der Waals surface area contributed by atoms with Gasteiger partial charge in [0.05, 0.1) is 6.04 Å². The minimum absolute atomic E-state index is 0.462. The normalized spacial score (nSPS) is 17.9. The van der Waals surface area contributed by atoms with Gasteiger partial charge < -0.3 is 10.2 Å². The van der Waals surface area contributed by atoms with E-state index in [1.165, 1.54) is 22.4 Å². The van der Waals surface area contributed by atoms with E-state index < -0.39 is 0 Å². The minimum atomic E-state index is 0.462. The lowest BCUT2D eigenvalue weighted by atomic mass is 9.97. The molecule has 2 heteroatoms. The molecule has 1 N–H and O–H groups in total. The standard InChI is InChI=1S/C19H24N2/c1-3-21(17-10-8-15(2)9-11-17)19-12-13-20-14-16-6-4-5-7-18(16)19/h4-11,19-20H,3,12-14H2,1-2H3. The Balaban J connectivity index is 1.98. The first-order valence-corrected chi connectivity index (χ1v) is 7.91. The molecule has 0 radical (unpaired) electrons. The molecule has 3 rings (SSSR count). The molecular formula is C19H24N2. The van der Waals surface area contributed by atoms with Crippen LogP contribution in [-0.4, -0.2) is 13.1 Å². The van der Waals surface area contributed by atoms with Crippen LogP contribution >= 0.6 is 0 Å². The summed E-state index contributed by atoms with van der Waals surface area (Å²) in [6, 6.07) is 18.2. The highest BCUT2D eigenvalue weighted by Crippen LogP contribution is 2.32. The van der Waals surface area contributed by atoms with Crippen molar-refractivity contribution in [3.63, 3.8) is 0 Å². The summed E-state index contributed by atoms with van der Waals surface area (Å²) in [5.41, 5.74) is 5.55. The van der Waals surface area contributed by atoms with Crippen LogP contribution in [0.1, 0.15) is 36.1 Å². The molecule has 0 aromatic heterocycles. The number of fused-ring (bicyclic) bond motifs is 1. The zero-order chi connectivity index (χ0) is 14.7. The van der Waals surface area contributed by atoms with Crippen LogP contribution in [0.2, 0.25) is 0 Å². The van der Waals surface area contributed by atoms with Crippen LogP contribution in [0, 0.1) is 6.92 Å². The van der Waals surface area contributed by atoms with E-state index in [0.717, 1.165) is 26.1 Å². The first-order chi connectivity index (χ1) is 10.3. The Hall–Kier alpha value is -1.80. The molecule has 110 valence electrons. The molecule has 0 bridgehead atoms. The average Bonchev–Trinajstić information content (AvgIpc) is 2.73. The van der Waals surface area contributed by atoms with Crippen molar-refractivity contribution in [2.75, 3.05) is 18.0 Å². The van der Waals surface area contributed by atoms with Crippen molar-refractivity contribution in [3.8, 4) is 0 Å². The van der Waals surface area contributed by atoms with E-state index in [-0.39, 0.29) is 0 Å². The van der Waals surface area contributed by atoms with Crippen molar-refractivity contribution in [2.45, 2.75) is 32.9 Å². The third-order valence-corrected chi connectivity index (χ3v) is 4.41. The van der Waals surface area contributed by atoms with Crippen LogP contribution in [0.15, 0.2) is 48.5 Å². The second kappa shape index (κ2) is 6.31. The average molecular weight is 280 g/mol. The first-order valence-electron chi connectivity index (χ1n) is 7.91. The van der Waals surface area contributed by atoms with Gasteiger partial charge in [0.15, 0.2) is 0 Å². The number of nitrogens with zero attached hydrogens (tertiary/aromatic N) is 1. The predicted octanol–water partition coefficient (Wildman–Crippen LogP) is 4.06. The van der Waals surface area contributed by atoms with Crippen LogP contribution in [0.4, 0.5) is 5.69 Å². The van der Waals surface area contributed by atoms with Crippen molar-refractivity contribution in [1.82, 2.24) is 5.32 Å². The molecule has 2 nitrogen and oxygen atoms in total. The molecule has 1 aliphatic rings. The highest BCUT2D eigenvalue weighted by molar-refractivity contribution is 5.51. The molecule has 1 unspecified atom stereocenters. The Kier molecular flexibility index (Phi) is 4.26. The zero-order valence-corrected chi connectivity index (χ0v) is 13.0. The van der Waals surface area contributed by atoms with Gasteiger partial charge >= 0.3 is 0 Å². The number of nitrogens with one attached hydrogen (secondary N) is 1. The van der Waals surface area contributed by atoms with Gasteiger partial charge in [0.1, 0.15) is 0 Å². The summed E-state index contributed by atoms with van der Waals surface area (Å²) in [5, 5.41) is 3.55. The number of benzene rings is 2. The van der Waals surface area contributed by atoms with Gasteiger partial charge in [-0.3, -0.25) is 0 Å². The van der Waals surface area contributed by atoms with Crippen LogP contribution in [0.25, 0.3) is 0 Å². The fraction of sp³-hybridized carbons (Fsp3) is 0.368. The van der Waals surface area contributed by atoms with E-state index in [1.807, 2.05) is 0 Å². The number of anilines is 1. The summed E-state index contributed by atoms with van der Waals surface area (Å²) in [7, 11) is 0. The second-order valence-electron chi connectivity index (χ2n) is 5.80. The van der Waals surface area contributed by atoms with E-state index in [9.17, 15) is 0 Å². The molecule has 2 aromatic carbocycles. The van der Waals surface area contributed by atoms with Crippen molar-refractivity contribution >= 4 is 5.69 Å². The van der Waals surface area contributed by atoms with Gasteiger partial charge in [-0.2, -0.15) is 0 Å². The van der Waals surface area contributed by atoms with Gasteiger partial charge in [-0.05, 0) is 50.1 Å². The molecule has 1 heterocycles. The third kappa shape index (κ3) is 2.96. The Morgan fingerprint density at radius 3 is 2.62 bits per heavy atom. The Labute approximate surface area is 127 Å². The predicted molar refractivity (Wildman–Crippen MR) is 89.7 cm³/mol. The zero-order valence-electron chi connectivity index (χ0n) is 13.0. The lowest BCUT2D eigenvalue weighted by Gasteiger charge is -2.33. The van der Waals surface area contributed by atoms with Crippen molar-refractivity contribution in [1.29, 1.82) is 0 Å². The van der Waals surface area contributed by atoms with E-state index in [0.29, 0.717) is 6.04 Å². The maximum atomic E-state index is 3.55. The van der Waals surface area contributed by atoms with Crippen molar-refractivity contribution < 1.29 is 0 Å². The quantitative estimate of drug-likeness (QED) is 0.912. The topological polar surface area (TPSA) is 15.3 Å². The molecule has 21 heavy (non-hydrogen) atoms. The molecule has 0 aliphatic carbocycles. The largest absolute Gasteiger partial charge is 0.365 e. The molecule has 1 aliphatic heterocycles. The lowest BCUT2D eigenvalue weighted by Crippen LogP contribution is -2.29. The Morgan fingerprint density at radius 2 is 1.86 bits per heavy atom. The van der Waals surface area contributed by atoms with Crippen LogP contribution in [0.5, 0.6) is 0 Å². The summed E-state index contributed by atoms with van der Waals surface area (Å²) in [6.45, 7) is 7.48. The maximum Gasteiger partial charge on any atom is 0.0557 e. The highest BCUT2D eigenvalue weighted by Gasteiger charge is 2.23. The molecule has 0 fully saturated rings. The third-order valence-electron chi connectivity index (χ3n) is 4.41. The molecule has 0 saturated carbocycles. The summed E-state index contributed by atoms with van der Waals surface area (Å²) >= 11 is 0. The number of hydrogen-bond donors (Lipinski definition) is 1. The Bertz CT molecular complexity index is 589. The minimum Gasteiger partial charge on any atom is -0.365 e. The second-order valence-corrected chi connectivity index (χ2v) is 5.80. The number of hydrogen-bond acceptors (Lipinski definition) is 2. The molecule has 1 atom stereocenters. The van der Waals surface area contributed by atoms with Gasteiger partial charge in [0.25, 0.3) is 0 Å². The smallest absolute Gasteiger partial charge is 0.0557 e. The number of rotatable bonds is 3. The van der Waals surface area contributed by atoms with Gasteiger partial charge in [0.2, 0.25) is 0 Å². The lowest BCUT2D eigenvalue weighted by molar-refractivity contribution is 0.570. The van der Waals surface area contributed by atoms with E-state index in [2.05, 4.69) is 72.6 Å². The van der Waals surface area contributed by atoms with Crippen LogP contribution in [0.3, 0.4) is 0 Å². The van der Waals surface area contributed by atoms with Gasteiger partial charge in [-0.1, -0.05) is 42.0 Å². The van der Waals surface area contributed by atoms with Gasteiger partial charge in [0, 0.05) is 18.8 Å². The summed E-state index contributed by atoms with van der Waals surface area (Å²) < 4.78 is 0. The summed E-state index contributed by atoms with van der Waals surface area (Å²) in [4.78, 5) is 2.53. The molecule has 0 saturated heterocycles. The Morgan fingerprint density at radius 1 is 1.10 bits per heavy atom. The van der Waals surface area contributed by atoms with Gasteiger partial charge in [-0.25, -0.2) is 0 Å². The van der Waals surface area contributed by atoms with E-state index in [1.54, 1.807) is 0 Å². The van der Waals surface area contributed by atoms with E-state index >= 15 is 0 Å². The SMILES string of the molecule is CCN(c1ccc(C)cc1)C1CCNCc2ccccc21. The van der Waals surface area contributed by atoms with Crippen molar-refractivity contribution in [2.24, 2.45) is 0 Å². The maximum absolute atomic E-state index is 3.55. The summed E-state index contributed by atoms with van der Waals surface area (Å²) in [5.74, 6) is 0. The van der Waals surface area contributed by atoms with Crippen LogP contribution < -0.4 is 10.2 Å². The molecule has 2 aromatic rings. The molecular weight excluding hydrogens is 256 g/mol. The van der Waals surface area contributed by atoms with Crippen LogP contribution in [-0.2, 0) is 6.54 Å². The van der Waals surface area contributed by atoms with Gasteiger partial charge in [-0.15, -0.1) is 0 Å².